The molecule has 0 aliphatic heterocycles. The maximum atomic E-state index is 9.41. The first-order chi connectivity index (χ1) is 7.84. The van der Waals surface area contributed by atoms with Crippen LogP contribution in [-0.4, -0.2) is 11.7 Å². The number of aliphatic hydroxyl groups excluding tert-OH is 1. The quantitative estimate of drug-likeness (QED) is 0.779. The highest BCUT2D eigenvalue weighted by Crippen LogP contribution is 2.55. The third-order valence-electron chi connectivity index (χ3n) is 5.53. The van der Waals surface area contributed by atoms with Crippen molar-refractivity contribution in [2.45, 2.75) is 66.2 Å². The molecule has 0 spiro atoms. The standard InChI is InChI=1S/C16H30O/c1-15(2,11-17)10-12-5-6-13-7-8-16(3,4)14(13)9-12/h12-14,17H,5-11H2,1-4H3. The van der Waals surface area contributed by atoms with Gasteiger partial charge in [0.15, 0.2) is 0 Å². The highest BCUT2D eigenvalue weighted by molar-refractivity contribution is 4.95. The fraction of sp³-hybridized carbons (Fsp3) is 1.00. The maximum absolute atomic E-state index is 9.41. The van der Waals surface area contributed by atoms with E-state index in [9.17, 15) is 5.11 Å². The van der Waals surface area contributed by atoms with Crippen molar-refractivity contribution in [2.24, 2.45) is 28.6 Å². The van der Waals surface area contributed by atoms with Crippen molar-refractivity contribution in [3.8, 4) is 0 Å². The van der Waals surface area contributed by atoms with Crippen LogP contribution in [0.15, 0.2) is 0 Å². The summed E-state index contributed by atoms with van der Waals surface area (Å²) >= 11 is 0. The van der Waals surface area contributed by atoms with Crippen LogP contribution in [0, 0.1) is 28.6 Å². The van der Waals surface area contributed by atoms with Crippen LogP contribution in [0.1, 0.15) is 66.2 Å². The van der Waals surface area contributed by atoms with Crippen LogP contribution < -0.4 is 0 Å². The molecule has 2 saturated carbocycles. The SMILES string of the molecule is CC(C)(CO)CC1CCC2CCC(C)(C)C2C1. The summed E-state index contributed by atoms with van der Waals surface area (Å²) in [5.41, 5.74) is 0.701. The van der Waals surface area contributed by atoms with Crippen molar-refractivity contribution in [3.63, 3.8) is 0 Å². The molecule has 1 nitrogen and oxygen atoms in total. The van der Waals surface area contributed by atoms with Crippen molar-refractivity contribution in [2.75, 3.05) is 6.61 Å². The second kappa shape index (κ2) is 4.57. The first-order valence-corrected chi connectivity index (χ1v) is 7.45. The molecule has 3 atom stereocenters. The van der Waals surface area contributed by atoms with Crippen molar-refractivity contribution in [3.05, 3.63) is 0 Å². The lowest BCUT2D eigenvalue weighted by molar-refractivity contribution is 0.0741. The lowest BCUT2D eigenvalue weighted by Gasteiger charge is -2.40. The zero-order valence-corrected chi connectivity index (χ0v) is 12.1. The summed E-state index contributed by atoms with van der Waals surface area (Å²) in [7, 11) is 0. The van der Waals surface area contributed by atoms with E-state index >= 15 is 0 Å². The van der Waals surface area contributed by atoms with Gasteiger partial charge in [0.1, 0.15) is 0 Å². The van der Waals surface area contributed by atoms with Crippen molar-refractivity contribution < 1.29 is 5.11 Å². The Hall–Kier alpha value is -0.0400. The molecule has 100 valence electrons. The van der Waals surface area contributed by atoms with Gasteiger partial charge in [-0.3, -0.25) is 0 Å². The predicted octanol–water partition coefficient (Wildman–Crippen LogP) is 4.25. The molecule has 0 aromatic rings. The molecule has 0 amide bonds. The fourth-order valence-electron chi connectivity index (χ4n) is 4.40. The Morgan fingerprint density at radius 3 is 2.53 bits per heavy atom. The van der Waals surface area contributed by atoms with Gasteiger partial charge in [-0.25, -0.2) is 0 Å². The summed E-state index contributed by atoms with van der Waals surface area (Å²) in [5.74, 6) is 2.82. The van der Waals surface area contributed by atoms with Gasteiger partial charge in [0, 0.05) is 6.61 Å². The Balaban J connectivity index is 1.96. The second-order valence-electron chi connectivity index (χ2n) is 8.10. The summed E-state index contributed by atoms with van der Waals surface area (Å²) in [6.45, 7) is 9.69. The van der Waals surface area contributed by atoms with Crippen LogP contribution in [-0.2, 0) is 0 Å². The van der Waals surface area contributed by atoms with Gasteiger partial charge in [-0.15, -0.1) is 0 Å². The van der Waals surface area contributed by atoms with E-state index in [1.807, 2.05) is 0 Å². The van der Waals surface area contributed by atoms with Crippen LogP contribution >= 0.6 is 0 Å². The first kappa shape index (κ1) is 13.4. The Kier molecular flexibility index (Phi) is 3.60. The Labute approximate surface area is 107 Å². The summed E-state index contributed by atoms with van der Waals surface area (Å²) in [5, 5.41) is 9.41. The monoisotopic (exact) mass is 238 g/mol. The topological polar surface area (TPSA) is 20.2 Å². The van der Waals surface area contributed by atoms with E-state index in [0.717, 1.165) is 17.8 Å². The van der Waals surface area contributed by atoms with E-state index in [2.05, 4.69) is 27.7 Å². The molecule has 0 saturated heterocycles. The van der Waals surface area contributed by atoms with Crippen LogP contribution in [0.4, 0.5) is 0 Å². The number of rotatable bonds is 3. The highest BCUT2D eigenvalue weighted by atomic mass is 16.3. The molecule has 0 radical (unpaired) electrons. The molecular weight excluding hydrogens is 208 g/mol. The van der Waals surface area contributed by atoms with Crippen molar-refractivity contribution >= 4 is 0 Å². The molecule has 2 rings (SSSR count). The van der Waals surface area contributed by atoms with Crippen LogP contribution in [0.3, 0.4) is 0 Å². The minimum atomic E-state index is 0.125. The highest BCUT2D eigenvalue weighted by Gasteiger charge is 2.45. The lowest BCUT2D eigenvalue weighted by Crippen LogP contribution is -2.32. The Bertz CT molecular complexity index is 267. The predicted molar refractivity (Wildman–Crippen MR) is 72.8 cm³/mol. The van der Waals surface area contributed by atoms with Crippen LogP contribution in [0.5, 0.6) is 0 Å². The van der Waals surface area contributed by atoms with Crippen LogP contribution in [0.2, 0.25) is 0 Å². The van der Waals surface area contributed by atoms with Crippen molar-refractivity contribution in [1.82, 2.24) is 0 Å². The number of fused-ring (bicyclic) bond motifs is 1. The number of hydrogen-bond donors (Lipinski definition) is 1. The summed E-state index contributed by atoms with van der Waals surface area (Å²) in [6, 6.07) is 0. The average molecular weight is 238 g/mol. The molecule has 17 heavy (non-hydrogen) atoms. The van der Waals surface area contributed by atoms with Gasteiger partial charge in [0.25, 0.3) is 0 Å². The molecule has 2 aliphatic carbocycles. The smallest absolute Gasteiger partial charge is 0.0482 e. The van der Waals surface area contributed by atoms with Crippen LogP contribution in [0.25, 0.3) is 0 Å². The lowest BCUT2D eigenvalue weighted by atomic mass is 9.65. The van der Waals surface area contributed by atoms with E-state index in [1.54, 1.807) is 0 Å². The minimum absolute atomic E-state index is 0.125. The molecule has 2 fully saturated rings. The zero-order chi connectivity index (χ0) is 12.7. The van der Waals surface area contributed by atoms with Gasteiger partial charge in [-0.2, -0.15) is 0 Å². The molecule has 0 heterocycles. The van der Waals surface area contributed by atoms with Gasteiger partial charge in [-0.05, 0) is 60.7 Å². The van der Waals surface area contributed by atoms with E-state index in [1.165, 1.54) is 38.5 Å². The molecule has 3 unspecified atom stereocenters. The first-order valence-electron chi connectivity index (χ1n) is 7.45. The van der Waals surface area contributed by atoms with Crippen molar-refractivity contribution in [1.29, 1.82) is 0 Å². The molecule has 0 aromatic heterocycles. The summed E-state index contributed by atoms with van der Waals surface area (Å²) in [4.78, 5) is 0. The van der Waals surface area contributed by atoms with Gasteiger partial charge >= 0.3 is 0 Å². The third-order valence-corrected chi connectivity index (χ3v) is 5.53. The fourth-order valence-corrected chi connectivity index (χ4v) is 4.40. The molecular formula is C16H30O. The zero-order valence-electron chi connectivity index (χ0n) is 12.1. The largest absolute Gasteiger partial charge is 0.396 e. The summed E-state index contributed by atoms with van der Waals surface area (Å²) < 4.78 is 0. The number of aliphatic hydroxyl groups is 1. The van der Waals surface area contributed by atoms with Gasteiger partial charge in [-0.1, -0.05) is 34.1 Å². The van der Waals surface area contributed by atoms with E-state index < -0.39 is 0 Å². The average Bonchev–Trinajstić information content (AvgIpc) is 2.55. The summed E-state index contributed by atoms with van der Waals surface area (Å²) in [6.07, 6.45) is 8.37. The molecule has 0 bridgehead atoms. The molecule has 0 aromatic carbocycles. The minimum Gasteiger partial charge on any atom is -0.396 e. The molecule has 1 N–H and O–H groups in total. The van der Waals surface area contributed by atoms with Gasteiger partial charge in [0.2, 0.25) is 0 Å². The van der Waals surface area contributed by atoms with E-state index in [-0.39, 0.29) is 5.41 Å². The Morgan fingerprint density at radius 1 is 1.18 bits per heavy atom. The van der Waals surface area contributed by atoms with Gasteiger partial charge in [0.05, 0.1) is 0 Å². The second-order valence-corrected chi connectivity index (χ2v) is 8.10. The van der Waals surface area contributed by atoms with E-state index in [4.69, 9.17) is 0 Å². The Morgan fingerprint density at radius 2 is 1.88 bits per heavy atom. The molecule has 2 aliphatic rings. The number of hydrogen-bond acceptors (Lipinski definition) is 1. The van der Waals surface area contributed by atoms with E-state index in [0.29, 0.717) is 12.0 Å². The normalized spacial score (nSPS) is 36.9. The molecule has 1 heteroatoms. The third kappa shape index (κ3) is 2.86. The maximum Gasteiger partial charge on any atom is 0.0482 e. The van der Waals surface area contributed by atoms with Gasteiger partial charge < -0.3 is 5.11 Å².